The SMILES string of the molecule is CCCNCCc1c(C)nn(C2CCC(C)C(C)C2)c1C. The lowest BCUT2D eigenvalue weighted by Crippen LogP contribution is -2.24. The molecule has 0 saturated heterocycles. The molecule has 0 aromatic carbocycles. The van der Waals surface area contributed by atoms with E-state index in [1.54, 1.807) is 0 Å². The Labute approximate surface area is 130 Å². The molecule has 1 N–H and O–H groups in total. The smallest absolute Gasteiger partial charge is 0.0629 e. The third kappa shape index (κ3) is 3.88. The number of rotatable bonds is 6. The molecule has 1 aromatic rings. The third-order valence-electron chi connectivity index (χ3n) is 5.37. The Morgan fingerprint density at radius 1 is 1.14 bits per heavy atom. The minimum absolute atomic E-state index is 0.618. The van der Waals surface area contributed by atoms with Gasteiger partial charge in [-0.25, -0.2) is 0 Å². The number of nitrogens with one attached hydrogen (secondary N) is 1. The molecule has 0 bridgehead atoms. The first-order valence-electron chi connectivity index (χ1n) is 8.79. The molecule has 120 valence electrons. The van der Waals surface area contributed by atoms with Gasteiger partial charge >= 0.3 is 0 Å². The summed E-state index contributed by atoms with van der Waals surface area (Å²) in [7, 11) is 0. The average molecular weight is 291 g/mol. The Balaban J connectivity index is 2.04. The summed E-state index contributed by atoms with van der Waals surface area (Å²) in [6.45, 7) is 13.6. The van der Waals surface area contributed by atoms with Crippen LogP contribution in [0.3, 0.4) is 0 Å². The quantitative estimate of drug-likeness (QED) is 0.802. The molecule has 0 radical (unpaired) electrons. The van der Waals surface area contributed by atoms with Gasteiger partial charge in [0.15, 0.2) is 0 Å². The highest BCUT2D eigenvalue weighted by Crippen LogP contribution is 2.37. The number of hydrogen-bond acceptors (Lipinski definition) is 2. The lowest BCUT2D eigenvalue weighted by Gasteiger charge is -2.32. The van der Waals surface area contributed by atoms with Crippen molar-refractivity contribution in [2.45, 2.75) is 72.8 Å². The Kier molecular flexibility index (Phi) is 5.86. The van der Waals surface area contributed by atoms with Crippen molar-refractivity contribution in [3.05, 3.63) is 17.0 Å². The average Bonchev–Trinajstić information content (AvgIpc) is 2.74. The zero-order chi connectivity index (χ0) is 15.4. The van der Waals surface area contributed by atoms with Crippen LogP contribution in [0.25, 0.3) is 0 Å². The van der Waals surface area contributed by atoms with Crippen LogP contribution in [0.5, 0.6) is 0 Å². The Bertz CT molecular complexity index is 450. The van der Waals surface area contributed by atoms with E-state index in [0.29, 0.717) is 6.04 Å². The van der Waals surface area contributed by atoms with Crippen LogP contribution in [-0.2, 0) is 6.42 Å². The van der Waals surface area contributed by atoms with Gasteiger partial charge in [0.2, 0.25) is 0 Å². The summed E-state index contributed by atoms with van der Waals surface area (Å²) >= 11 is 0. The number of aromatic nitrogens is 2. The topological polar surface area (TPSA) is 29.9 Å². The lowest BCUT2D eigenvalue weighted by molar-refractivity contribution is 0.198. The lowest BCUT2D eigenvalue weighted by atomic mass is 9.79. The molecule has 21 heavy (non-hydrogen) atoms. The molecule has 1 aromatic heterocycles. The first-order valence-corrected chi connectivity index (χ1v) is 8.79. The molecule has 3 atom stereocenters. The maximum absolute atomic E-state index is 4.88. The van der Waals surface area contributed by atoms with Gasteiger partial charge in [0.25, 0.3) is 0 Å². The highest BCUT2D eigenvalue weighted by Gasteiger charge is 2.27. The summed E-state index contributed by atoms with van der Waals surface area (Å²) in [5, 5.41) is 8.38. The van der Waals surface area contributed by atoms with Gasteiger partial charge in [-0.3, -0.25) is 4.68 Å². The summed E-state index contributed by atoms with van der Waals surface area (Å²) in [5.41, 5.74) is 4.10. The van der Waals surface area contributed by atoms with E-state index >= 15 is 0 Å². The predicted molar refractivity (Wildman–Crippen MR) is 89.8 cm³/mol. The van der Waals surface area contributed by atoms with Gasteiger partial charge in [0.1, 0.15) is 0 Å². The van der Waals surface area contributed by atoms with Crippen molar-refractivity contribution in [1.29, 1.82) is 0 Å². The highest BCUT2D eigenvalue weighted by atomic mass is 15.3. The molecule has 0 aliphatic heterocycles. The second-order valence-electron chi connectivity index (χ2n) is 7.02. The normalized spacial score (nSPS) is 26.2. The molecule has 1 aliphatic rings. The van der Waals surface area contributed by atoms with Crippen molar-refractivity contribution in [2.24, 2.45) is 11.8 Å². The largest absolute Gasteiger partial charge is 0.316 e. The van der Waals surface area contributed by atoms with Crippen LogP contribution < -0.4 is 5.32 Å². The molecule has 0 amide bonds. The van der Waals surface area contributed by atoms with Gasteiger partial charge in [-0.2, -0.15) is 5.10 Å². The molecule has 3 unspecified atom stereocenters. The molecule has 2 rings (SSSR count). The van der Waals surface area contributed by atoms with E-state index in [1.807, 2.05) is 0 Å². The molecular formula is C18H33N3. The first kappa shape index (κ1) is 16.5. The highest BCUT2D eigenvalue weighted by molar-refractivity contribution is 5.25. The summed E-state index contributed by atoms with van der Waals surface area (Å²) in [6.07, 6.45) is 6.24. The maximum Gasteiger partial charge on any atom is 0.0629 e. The van der Waals surface area contributed by atoms with Crippen LogP contribution in [-0.4, -0.2) is 22.9 Å². The van der Waals surface area contributed by atoms with Gasteiger partial charge in [-0.05, 0) is 76.4 Å². The number of aryl methyl sites for hydroxylation is 1. The van der Waals surface area contributed by atoms with E-state index in [-0.39, 0.29) is 0 Å². The van der Waals surface area contributed by atoms with Gasteiger partial charge in [0, 0.05) is 5.69 Å². The van der Waals surface area contributed by atoms with E-state index in [0.717, 1.165) is 31.3 Å². The fourth-order valence-corrected chi connectivity index (χ4v) is 3.67. The van der Waals surface area contributed by atoms with Crippen molar-refractivity contribution in [3.63, 3.8) is 0 Å². The van der Waals surface area contributed by atoms with Crippen LogP contribution in [0.15, 0.2) is 0 Å². The molecular weight excluding hydrogens is 258 g/mol. The van der Waals surface area contributed by atoms with Crippen molar-refractivity contribution in [1.82, 2.24) is 15.1 Å². The Morgan fingerprint density at radius 2 is 1.90 bits per heavy atom. The maximum atomic E-state index is 4.88. The first-order chi connectivity index (χ1) is 10.0. The summed E-state index contributed by atoms with van der Waals surface area (Å²) in [6, 6.07) is 0.618. The molecule has 1 saturated carbocycles. The minimum Gasteiger partial charge on any atom is -0.316 e. The standard InChI is InChI=1S/C18H33N3/c1-6-10-19-11-9-18-15(4)20-21(16(18)5)17-8-7-13(2)14(3)12-17/h13-14,17,19H,6-12H2,1-5H3. The van der Waals surface area contributed by atoms with Crippen molar-refractivity contribution in [2.75, 3.05) is 13.1 Å². The Hall–Kier alpha value is -0.830. The fourth-order valence-electron chi connectivity index (χ4n) is 3.67. The van der Waals surface area contributed by atoms with Crippen molar-refractivity contribution < 1.29 is 0 Å². The molecule has 1 aliphatic carbocycles. The third-order valence-corrected chi connectivity index (χ3v) is 5.37. The van der Waals surface area contributed by atoms with Crippen LogP contribution in [0, 0.1) is 25.7 Å². The van der Waals surface area contributed by atoms with E-state index in [1.165, 1.54) is 42.6 Å². The molecule has 1 heterocycles. The molecule has 3 nitrogen and oxygen atoms in total. The van der Waals surface area contributed by atoms with Gasteiger partial charge in [0.05, 0.1) is 11.7 Å². The second kappa shape index (κ2) is 7.44. The molecule has 3 heteroatoms. The zero-order valence-electron chi connectivity index (χ0n) is 14.6. The minimum atomic E-state index is 0.618. The Morgan fingerprint density at radius 3 is 2.57 bits per heavy atom. The van der Waals surface area contributed by atoms with E-state index in [2.05, 4.69) is 44.6 Å². The summed E-state index contributed by atoms with van der Waals surface area (Å²) < 4.78 is 2.34. The molecule has 0 spiro atoms. The number of hydrogen-bond donors (Lipinski definition) is 1. The van der Waals surface area contributed by atoms with Crippen LogP contribution >= 0.6 is 0 Å². The monoisotopic (exact) mass is 291 g/mol. The van der Waals surface area contributed by atoms with Gasteiger partial charge in [-0.1, -0.05) is 20.8 Å². The number of nitrogens with zero attached hydrogens (tertiary/aromatic N) is 2. The van der Waals surface area contributed by atoms with Crippen LogP contribution in [0.2, 0.25) is 0 Å². The van der Waals surface area contributed by atoms with Gasteiger partial charge in [-0.15, -0.1) is 0 Å². The summed E-state index contributed by atoms with van der Waals surface area (Å²) in [4.78, 5) is 0. The van der Waals surface area contributed by atoms with Crippen LogP contribution in [0.4, 0.5) is 0 Å². The van der Waals surface area contributed by atoms with Crippen molar-refractivity contribution >= 4 is 0 Å². The van der Waals surface area contributed by atoms with Crippen LogP contribution in [0.1, 0.15) is 69.4 Å². The van der Waals surface area contributed by atoms with E-state index in [9.17, 15) is 0 Å². The van der Waals surface area contributed by atoms with Crippen molar-refractivity contribution in [3.8, 4) is 0 Å². The van der Waals surface area contributed by atoms with E-state index < -0.39 is 0 Å². The van der Waals surface area contributed by atoms with E-state index in [4.69, 9.17) is 5.10 Å². The van der Waals surface area contributed by atoms with Gasteiger partial charge < -0.3 is 5.32 Å². The molecule has 1 fully saturated rings. The fraction of sp³-hybridized carbons (Fsp3) is 0.833. The second-order valence-corrected chi connectivity index (χ2v) is 7.02. The zero-order valence-corrected chi connectivity index (χ0v) is 14.6. The summed E-state index contributed by atoms with van der Waals surface area (Å²) in [5.74, 6) is 1.69. The predicted octanol–water partition coefficient (Wildman–Crippen LogP) is 4.04.